The summed E-state index contributed by atoms with van der Waals surface area (Å²) in [6.45, 7) is 6.46. The third-order valence-electron chi connectivity index (χ3n) is 3.39. The van der Waals surface area contributed by atoms with Crippen LogP contribution < -0.4 is 5.32 Å². The average molecular weight is 294 g/mol. The molecule has 0 bridgehead atoms. The number of methoxy groups -OCH3 is 1. The molecule has 0 aliphatic heterocycles. The van der Waals surface area contributed by atoms with Crippen molar-refractivity contribution in [3.8, 4) is 0 Å². The molecular weight excluding hydrogens is 268 g/mol. The molecule has 1 aromatic carbocycles. The average Bonchev–Trinajstić information content (AvgIpc) is 2.36. The van der Waals surface area contributed by atoms with E-state index in [0.717, 1.165) is 16.8 Å². The van der Waals surface area contributed by atoms with Crippen molar-refractivity contribution in [2.75, 3.05) is 32.6 Å². The molecule has 2 unspecified atom stereocenters. The SMILES string of the molecule is COCC(O)CN(C)C(C)C(=O)Nc1cc(C)cc(C)c1. The molecule has 0 spiro atoms. The molecule has 0 fully saturated rings. The Morgan fingerprint density at radius 1 is 1.33 bits per heavy atom. The van der Waals surface area contributed by atoms with E-state index in [1.165, 1.54) is 0 Å². The maximum absolute atomic E-state index is 12.3. The Kier molecular flexibility index (Phi) is 6.81. The number of benzene rings is 1. The zero-order valence-electron chi connectivity index (χ0n) is 13.5. The van der Waals surface area contributed by atoms with Crippen LogP contribution in [0.15, 0.2) is 18.2 Å². The number of rotatable bonds is 7. The smallest absolute Gasteiger partial charge is 0.241 e. The Balaban J connectivity index is 2.61. The number of nitrogens with one attached hydrogen (secondary N) is 1. The van der Waals surface area contributed by atoms with Gasteiger partial charge in [0.25, 0.3) is 0 Å². The number of likely N-dealkylation sites (N-methyl/N-ethyl adjacent to an activating group) is 1. The minimum Gasteiger partial charge on any atom is -0.389 e. The highest BCUT2D eigenvalue weighted by Crippen LogP contribution is 2.14. The second kappa shape index (κ2) is 8.12. The van der Waals surface area contributed by atoms with E-state index < -0.39 is 6.10 Å². The maximum Gasteiger partial charge on any atom is 0.241 e. The topological polar surface area (TPSA) is 61.8 Å². The van der Waals surface area contributed by atoms with Crippen LogP contribution in [0.5, 0.6) is 0 Å². The lowest BCUT2D eigenvalue weighted by Gasteiger charge is -2.26. The number of amides is 1. The molecule has 0 heterocycles. The summed E-state index contributed by atoms with van der Waals surface area (Å²) in [5.74, 6) is -0.0906. The highest BCUT2D eigenvalue weighted by Gasteiger charge is 2.20. The Morgan fingerprint density at radius 3 is 2.43 bits per heavy atom. The van der Waals surface area contributed by atoms with Crippen LogP contribution in [0.3, 0.4) is 0 Å². The molecule has 0 radical (unpaired) electrons. The van der Waals surface area contributed by atoms with Crippen LogP contribution in [-0.2, 0) is 9.53 Å². The Morgan fingerprint density at radius 2 is 1.90 bits per heavy atom. The molecule has 0 aromatic heterocycles. The molecule has 1 amide bonds. The van der Waals surface area contributed by atoms with E-state index >= 15 is 0 Å². The van der Waals surface area contributed by atoms with Gasteiger partial charge in [-0.1, -0.05) is 6.07 Å². The van der Waals surface area contributed by atoms with E-state index in [2.05, 4.69) is 11.4 Å². The number of aliphatic hydroxyl groups is 1. The Bertz CT molecular complexity index is 456. The van der Waals surface area contributed by atoms with Gasteiger partial charge in [0, 0.05) is 19.3 Å². The molecule has 0 aliphatic carbocycles. The van der Waals surface area contributed by atoms with E-state index in [9.17, 15) is 9.90 Å². The van der Waals surface area contributed by atoms with Crippen molar-refractivity contribution in [2.45, 2.75) is 32.9 Å². The molecule has 0 saturated heterocycles. The standard InChI is InChI=1S/C16H26N2O3/c1-11-6-12(2)8-14(7-11)17-16(20)13(3)18(4)9-15(19)10-21-5/h6-8,13,15,19H,9-10H2,1-5H3,(H,17,20). The van der Waals surface area contributed by atoms with Gasteiger partial charge in [0.05, 0.1) is 18.8 Å². The molecule has 1 aromatic rings. The second-order valence-corrected chi connectivity index (χ2v) is 5.59. The molecule has 2 atom stereocenters. The zero-order chi connectivity index (χ0) is 16.0. The highest BCUT2D eigenvalue weighted by atomic mass is 16.5. The summed E-state index contributed by atoms with van der Waals surface area (Å²) in [5.41, 5.74) is 3.03. The number of carbonyl (C=O) groups excluding carboxylic acids is 1. The van der Waals surface area contributed by atoms with Crippen LogP contribution in [-0.4, -0.2) is 55.4 Å². The summed E-state index contributed by atoms with van der Waals surface area (Å²) < 4.78 is 4.89. The normalized spacial score (nSPS) is 14.0. The monoisotopic (exact) mass is 294 g/mol. The van der Waals surface area contributed by atoms with E-state index in [-0.39, 0.29) is 18.6 Å². The van der Waals surface area contributed by atoms with E-state index in [0.29, 0.717) is 6.54 Å². The first-order valence-electron chi connectivity index (χ1n) is 7.10. The second-order valence-electron chi connectivity index (χ2n) is 5.59. The number of aryl methyl sites for hydroxylation is 2. The summed E-state index contributed by atoms with van der Waals surface area (Å²) in [4.78, 5) is 14.1. The predicted octanol–water partition coefficient (Wildman–Crippen LogP) is 1.57. The molecule has 5 heteroatoms. The lowest BCUT2D eigenvalue weighted by atomic mass is 10.1. The first kappa shape index (κ1) is 17.6. The van der Waals surface area contributed by atoms with Crippen molar-refractivity contribution in [3.63, 3.8) is 0 Å². The molecule has 2 N–H and O–H groups in total. The van der Waals surface area contributed by atoms with Gasteiger partial charge in [0.1, 0.15) is 0 Å². The molecule has 0 aliphatic rings. The van der Waals surface area contributed by atoms with Crippen molar-refractivity contribution in [3.05, 3.63) is 29.3 Å². The molecule has 0 saturated carbocycles. The van der Waals surface area contributed by atoms with E-state index in [4.69, 9.17) is 4.74 Å². The molecular formula is C16H26N2O3. The van der Waals surface area contributed by atoms with Gasteiger partial charge in [-0.25, -0.2) is 0 Å². The number of hydrogen-bond acceptors (Lipinski definition) is 4. The fourth-order valence-corrected chi connectivity index (χ4v) is 2.23. The number of hydrogen-bond donors (Lipinski definition) is 2. The van der Waals surface area contributed by atoms with Gasteiger partial charge in [-0.2, -0.15) is 0 Å². The summed E-state index contributed by atoms with van der Waals surface area (Å²) in [6.07, 6.45) is -0.600. The summed E-state index contributed by atoms with van der Waals surface area (Å²) in [6, 6.07) is 5.61. The number of aliphatic hydroxyl groups excluding tert-OH is 1. The lowest BCUT2D eigenvalue weighted by Crippen LogP contribution is -2.44. The van der Waals surface area contributed by atoms with Crippen LogP contribution >= 0.6 is 0 Å². The number of anilines is 1. The largest absolute Gasteiger partial charge is 0.389 e. The minimum atomic E-state index is -0.600. The molecule has 1 rings (SSSR count). The van der Waals surface area contributed by atoms with Gasteiger partial charge in [-0.05, 0) is 51.1 Å². The first-order chi connectivity index (χ1) is 9.83. The van der Waals surface area contributed by atoms with Crippen molar-refractivity contribution in [2.24, 2.45) is 0 Å². The minimum absolute atomic E-state index is 0.0906. The van der Waals surface area contributed by atoms with Gasteiger partial charge < -0.3 is 15.2 Å². The van der Waals surface area contributed by atoms with Crippen LogP contribution in [0.1, 0.15) is 18.1 Å². The summed E-state index contributed by atoms with van der Waals surface area (Å²) >= 11 is 0. The Hall–Kier alpha value is -1.43. The first-order valence-corrected chi connectivity index (χ1v) is 7.10. The van der Waals surface area contributed by atoms with Crippen molar-refractivity contribution in [1.29, 1.82) is 0 Å². The Labute approximate surface area is 126 Å². The van der Waals surface area contributed by atoms with Crippen LogP contribution in [0.2, 0.25) is 0 Å². The van der Waals surface area contributed by atoms with Gasteiger partial charge in [0.2, 0.25) is 5.91 Å². The van der Waals surface area contributed by atoms with Crippen LogP contribution in [0.25, 0.3) is 0 Å². The molecule has 21 heavy (non-hydrogen) atoms. The zero-order valence-corrected chi connectivity index (χ0v) is 13.5. The van der Waals surface area contributed by atoms with Gasteiger partial charge in [-0.15, -0.1) is 0 Å². The summed E-state index contributed by atoms with van der Waals surface area (Å²) in [7, 11) is 3.35. The fraction of sp³-hybridized carbons (Fsp3) is 0.562. The number of nitrogens with zero attached hydrogens (tertiary/aromatic N) is 1. The van der Waals surface area contributed by atoms with E-state index in [1.54, 1.807) is 7.11 Å². The van der Waals surface area contributed by atoms with E-state index in [1.807, 2.05) is 44.9 Å². The predicted molar refractivity (Wildman–Crippen MR) is 84.5 cm³/mol. The third-order valence-corrected chi connectivity index (χ3v) is 3.39. The van der Waals surface area contributed by atoms with Gasteiger partial charge in [0.15, 0.2) is 0 Å². The fourth-order valence-electron chi connectivity index (χ4n) is 2.23. The highest BCUT2D eigenvalue weighted by molar-refractivity contribution is 5.94. The van der Waals surface area contributed by atoms with Crippen molar-refractivity contribution < 1.29 is 14.6 Å². The van der Waals surface area contributed by atoms with Gasteiger partial charge >= 0.3 is 0 Å². The number of carbonyl (C=O) groups is 1. The summed E-state index contributed by atoms with van der Waals surface area (Å²) in [5, 5.41) is 12.6. The van der Waals surface area contributed by atoms with Crippen LogP contribution in [0, 0.1) is 13.8 Å². The molecule has 118 valence electrons. The van der Waals surface area contributed by atoms with Gasteiger partial charge in [-0.3, -0.25) is 9.69 Å². The quantitative estimate of drug-likeness (QED) is 0.801. The van der Waals surface area contributed by atoms with Crippen molar-refractivity contribution >= 4 is 11.6 Å². The van der Waals surface area contributed by atoms with Crippen LogP contribution in [0.4, 0.5) is 5.69 Å². The third kappa shape index (κ3) is 5.83. The maximum atomic E-state index is 12.3. The molecule has 5 nitrogen and oxygen atoms in total. The number of ether oxygens (including phenoxy) is 1. The lowest BCUT2D eigenvalue weighted by molar-refractivity contribution is -0.120. The van der Waals surface area contributed by atoms with Crippen molar-refractivity contribution in [1.82, 2.24) is 4.90 Å².